The number of anilines is 3. The number of rotatable bonds is 8. The minimum absolute atomic E-state index is 1.10. The van der Waals surface area contributed by atoms with Crippen molar-refractivity contribution in [2.24, 2.45) is 0 Å². The molecule has 0 fully saturated rings. The maximum absolute atomic E-state index is 2.52. The summed E-state index contributed by atoms with van der Waals surface area (Å²) in [6, 6.07) is 81.4. The molecule has 0 saturated heterocycles. The summed E-state index contributed by atoms with van der Waals surface area (Å²) in [4.78, 5) is 2.52. The summed E-state index contributed by atoms with van der Waals surface area (Å²) in [5.74, 6) is 0. The summed E-state index contributed by atoms with van der Waals surface area (Å²) < 4.78 is 2.55. The van der Waals surface area contributed by atoms with Gasteiger partial charge in [-0.3, -0.25) is 0 Å². The van der Waals surface area contributed by atoms with E-state index in [1.807, 2.05) is 11.3 Å². The van der Waals surface area contributed by atoms with Gasteiger partial charge < -0.3 is 4.90 Å². The standard InChI is InChI=1S/C54H37NS/c1-5-17-38(18-6-1)43-25-15-26-44(35-43)40-31-33-46(34-32-40)55(51-29-16-28-48-47-27-13-14-30-52(47)56-54(48)51)53-49(41-21-9-3-10-22-41)36-45(39-19-7-2-8-20-39)37-50(53)42-23-11-4-12-24-42/h1-37H. The van der Waals surface area contributed by atoms with E-state index in [0.717, 1.165) is 17.1 Å². The van der Waals surface area contributed by atoms with Gasteiger partial charge in [0.05, 0.1) is 16.1 Å². The Balaban J connectivity index is 1.25. The fourth-order valence-electron chi connectivity index (χ4n) is 7.96. The molecular weight excluding hydrogens is 695 g/mol. The number of hydrogen-bond acceptors (Lipinski definition) is 2. The Morgan fingerprint density at radius 2 is 0.750 bits per heavy atom. The van der Waals surface area contributed by atoms with Crippen molar-refractivity contribution in [3.8, 4) is 55.6 Å². The lowest BCUT2D eigenvalue weighted by atomic mass is 9.89. The molecular formula is C54H37NS. The number of thiophene rings is 1. The smallest absolute Gasteiger partial charge is 0.0640 e. The summed E-state index contributed by atoms with van der Waals surface area (Å²) >= 11 is 1.87. The van der Waals surface area contributed by atoms with E-state index in [1.165, 1.54) is 75.8 Å². The van der Waals surface area contributed by atoms with Gasteiger partial charge in [-0.25, -0.2) is 0 Å². The zero-order valence-electron chi connectivity index (χ0n) is 30.7. The van der Waals surface area contributed by atoms with Crippen LogP contribution in [0.15, 0.2) is 224 Å². The predicted octanol–water partition coefficient (Wildman–Crippen LogP) is 15.9. The molecule has 1 heterocycles. The van der Waals surface area contributed by atoms with E-state index in [0.29, 0.717) is 0 Å². The predicted molar refractivity (Wildman–Crippen MR) is 241 cm³/mol. The first-order valence-corrected chi connectivity index (χ1v) is 19.9. The van der Waals surface area contributed by atoms with Gasteiger partial charge >= 0.3 is 0 Å². The van der Waals surface area contributed by atoms with Crippen molar-refractivity contribution in [1.29, 1.82) is 0 Å². The highest BCUT2D eigenvalue weighted by Gasteiger charge is 2.25. The quantitative estimate of drug-likeness (QED) is 0.150. The van der Waals surface area contributed by atoms with Gasteiger partial charge in [0, 0.05) is 32.3 Å². The van der Waals surface area contributed by atoms with Crippen molar-refractivity contribution in [3.05, 3.63) is 224 Å². The average Bonchev–Trinajstić information content (AvgIpc) is 3.67. The molecule has 56 heavy (non-hydrogen) atoms. The van der Waals surface area contributed by atoms with Crippen LogP contribution >= 0.6 is 11.3 Å². The normalized spacial score (nSPS) is 11.2. The first-order chi connectivity index (χ1) is 27.8. The Hall–Kier alpha value is -7.00. The summed E-state index contributed by atoms with van der Waals surface area (Å²) in [6.07, 6.45) is 0. The summed E-state index contributed by atoms with van der Waals surface area (Å²) in [5, 5.41) is 2.56. The van der Waals surface area contributed by atoms with Gasteiger partial charge in [0.1, 0.15) is 0 Å². The second-order valence-electron chi connectivity index (χ2n) is 14.1. The van der Waals surface area contributed by atoms with Gasteiger partial charge in [-0.2, -0.15) is 0 Å². The first-order valence-electron chi connectivity index (χ1n) is 19.1. The molecule has 0 aliphatic carbocycles. The molecule has 10 rings (SSSR count). The van der Waals surface area contributed by atoms with E-state index in [-0.39, 0.29) is 0 Å². The molecule has 264 valence electrons. The molecule has 0 unspecified atom stereocenters. The van der Waals surface area contributed by atoms with Crippen molar-refractivity contribution in [2.45, 2.75) is 0 Å². The van der Waals surface area contributed by atoms with Crippen LogP contribution in [0.25, 0.3) is 75.8 Å². The van der Waals surface area contributed by atoms with Crippen LogP contribution in [0.3, 0.4) is 0 Å². The van der Waals surface area contributed by atoms with Crippen molar-refractivity contribution in [3.63, 3.8) is 0 Å². The number of benzene rings is 9. The maximum Gasteiger partial charge on any atom is 0.0640 e. The molecule has 2 heteroatoms. The minimum Gasteiger partial charge on any atom is -0.308 e. The zero-order valence-corrected chi connectivity index (χ0v) is 31.5. The molecule has 0 aliphatic heterocycles. The highest BCUT2D eigenvalue weighted by molar-refractivity contribution is 7.26. The Labute approximate surface area is 332 Å². The summed E-state index contributed by atoms with van der Waals surface area (Å²) in [7, 11) is 0. The van der Waals surface area contributed by atoms with E-state index in [4.69, 9.17) is 0 Å². The third-order valence-corrected chi connectivity index (χ3v) is 11.9. The Kier molecular flexibility index (Phi) is 8.79. The molecule has 1 nitrogen and oxygen atoms in total. The second kappa shape index (κ2) is 14.7. The fourth-order valence-corrected chi connectivity index (χ4v) is 9.16. The number of fused-ring (bicyclic) bond motifs is 3. The van der Waals surface area contributed by atoms with E-state index in [2.05, 4.69) is 229 Å². The van der Waals surface area contributed by atoms with Crippen LogP contribution in [0.5, 0.6) is 0 Å². The second-order valence-corrected chi connectivity index (χ2v) is 15.2. The molecule has 0 N–H and O–H groups in total. The molecule has 0 radical (unpaired) electrons. The molecule has 9 aromatic carbocycles. The molecule has 0 bridgehead atoms. The zero-order chi connectivity index (χ0) is 37.3. The maximum atomic E-state index is 2.52. The Morgan fingerprint density at radius 3 is 1.34 bits per heavy atom. The van der Waals surface area contributed by atoms with Gasteiger partial charge in [-0.15, -0.1) is 11.3 Å². The van der Waals surface area contributed by atoms with E-state index < -0.39 is 0 Å². The lowest BCUT2D eigenvalue weighted by Gasteiger charge is -2.31. The van der Waals surface area contributed by atoms with Crippen molar-refractivity contribution < 1.29 is 0 Å². The summed E-state index contributed by atoms with van der Waals surface area (Å²) in [6.45, 7) is 0. The molecule has 0 aliphatic rings. The fraction of sp³-hybridized carbons (Fsp3) is 0. The SMILES string of the molecule is c1ccc(-c2cccc(-c3ccc(N(c4c(-c5ccccc5)cc(-c5ccccc5)cc4-c4ccccc4)c4cccc5c4sc4ccccc45)cc3)c2)cc1. The van der Waals surface area contributed by atoms with Gasteiger partial charge in [0.2, 0.25) is 0 Å². The highest BCUT2D eigenvalue weighted by Crippen LogP contribution is 2.51. The lowest BCUT2D eigenvalue weighted by Crippen LogP contribution is -2.13. The van der Waals surface area contributed by atoms with Crippen molar-refractivity contribution in [1.82, 2.24) is 0 Å². The molecule has 10 aromatic rings. The van der Waals surface area contributed by atoms with Gasteiger partial charge in [-0.05, 0) is 87.0 Å². The molecule has 0 saturated carbocycles. The van der Waals surface area contributed by atoms with Crippen LogP contribution in [-0.4, -0.2) is 0 Å². The highest BCUT2D eigenvalue weighted by atomic mass is 32.1. The lowest BCUT2D eigenvalue weighted by molar-refractivity contribution is 1.30. The van der Waals surface area contributed by atoms with Crippen LogP contribution < -0.4 is 4.90 Å². The third kappa shape index (κ3) is 6.26. The monoisotopic (exact) mass is 731 g/mol. The van der Waals surface area contributed by atoms with E-state index >= 15 is 0 Å². The van der Waals surface area contributed by atoms with Gasteiger partial charge in [0.25, 0.3) is 0 Å². The number of nitrogens with zero attached hydrogens (tertiary/aromatic N) is 1. The van der Waals surface area contributed by atoms with Crippen LogP contribution in [0.1, 0.15) is 0 Å². The van der Waals surface area contributed by atoms with Crippen molar-refractivity contribution in [2.75, 3.05) is 4.90 Å². The molecule has 0 amide bonds. The van der Waals surface area contributed by atoms with Crippen LogP contribution in [0.4, 0.5) is 17.1 Å². The Bertz CT molecular complexity index is 2870. The largest absolute Gasteiger partial charge is 0.308 e. The van der Waals surface area contributed by atoms with Crippen LogP contribution in [0.2, 0.25) is 0 Å². The van der Waals surface area contributed by atoms with Gasteiger partial charge in [0.15, 0.2) is 0 Å². The molecule has 0 atom stereocenters. The van der Waals surface area contributed by atoms with Crippen LogP contribution in [0, 0.1) is 0 Å². The van der Waals surface area contributed by atoms with Crippen LogP contribution in [-0.2, 0) is 0 Å². The minimum atomic E-state index is 1.10. The third-order valence-electron chi connectivity index (χ3n) is 10.7. The Morgan fingerprint density at radius 1 is 0.304 bits per heavy atom. The first kappa shape index (κ1) is 33.6. The average molecular weight is 732 g/mol. The topological polar surface area (TPSA) is 3.24 Å². The van der Waals surface area contributed by atoms with Gasteiger partial charge in [-0.1, -0.05) is 182 Å². The van der Waals surface area contributed by atoms with E-state index in [1.54, 1.807) is 0 Å². The van der Waals surface area contributed by atoms with E-state index in [9.17, 15) is 0 Å². The molecule has 1 aromatic heterocycles. The summed E-state index contributed by atoms with van der Waals surface area (Å²) in [5.41, 5.74) is 15.2. The molecule has 0 spiro atoms. The number of hydrogen-bond donors (Lipinski definition) is 0. The van der Waals surface area contributed by atoms with Crippen molar-refractivity contribution >= 4 is 48.6 Å².